The average molecular weight is 582 g/mol. The zero-order valence-corrected chi connectivity index (χ0v) is 25.3. The van der Waals surface area contributed by atoms with E-state index in [2.05, 4.69) is 21.3 Å². The van der Waals surface area contributed by atoms with Crippen LogP contribution in [-0.2, 0) is 20.7 Å². The summed E-state index contributed by atoms with van der Waals surface area (Å²) in [6.07, 6.45) is 3.99. The Bertz CT molecular complexity index is 1120. The summed E-state index contributed by atoms with van der Waals surface area (Å²) in [5, 5.41) is 11.2. The molecule has 2 aromatic rings. The van der Waals surface area contributed by atoms with Gasteiger partial charge in [0.15, 0.2) is 0 Å². The van der Waals surface area contributed by atoms with Crippen molar-refractivity contribution in [3.63, 3.8) is 0 Å². The lowest BCUT2D eigenvalue weighted by Crippen LogP contribution is -2.56. The zero-order chi connectivity index (χ0) is 31.0. The molecule has 0 aromatic heterocycles. The number of carbonyl (C=O) groups excluding carboxylic acids is 4. The fourth-order valence-electron chi connectivity index (χ4n) is 4.44. The Morgan fingerprint density at radius 1 is 0.762 bits per heavy atom. The number of primary amides is 1. The molecule has 230 valence electrons. The predicted molar refractivity (Wildman–Crippen MR) is 164 cm³/mol. The monoisotopic (exact) mass is 581 g/mol. The van der Waals surface area contributed by atoms with Crippen LogP contribution in [-0.4, -0.2) is 54.7 Å². The number of nitrogens with one attached hydrogen (secondary N) is 4. The maximum atomic E-state index is 13.6. The SMILES string of the molecule is C[C@H](c1ccccc1)C(NC(=O)C(Cc1ccccc1)NC(=O)OC(C)(C)C)C(=O)NCCCCCCCNC(N)=O. The minimum Gasteiger partial charge on any atom is -0.444 e. The third kappa shape index (κ3) is 13.5. The van der Waals surface area contributed by atoms with E-state index in [0.717, 1.165) is 43.2 Å². The molecule has 6 N–H and O–H groups in total. The molecule has 0 aliphatic heterocycles. The van der Waals surface area contributed by atoms with Gasteiger partial charge in [0.2, 0.25) is 11.8 Å². The summed E-state index contributed by atoms with van der Waals surface area (Å²) in [6, 6.07) is 16.6. The Morgan fingerprint density at radius 3 is 1.88 bits per heavy atom. The third-order valence-electron chi connectivity index (χ3n) is 6.65. The minimum absolute atomic E-state index is 0.231. The minimum atomic E-state index is -0.954. The van der Waals surface area contributed by atoms with E-state index in [1.165, 1.54) is 0 Å². The quantitative estimate of drug-likeness (QED) is 0.189. The molecule has 0 fully saturated rings. The second kappa shape index (κ2) is 17.7. The van der Waals surface area contributed by atoms with Crippen LogP contribution >= 0.6 is 0 Å². The van der Waals surface area contributed by atoms with Crippen LogP contribution in [0.3, 0.4) is 0 Å². The Balaban J connectivity index is 2.08. The van der Waals surface area contributed by atoms with Gasteiger partial charge in [0.1, 0.15) is 17.7 Å². The van der Waals surface area contributed by atoms with E-state index >= 15 is 0 Å². The summed E-state index contributed by atoms with van der Waals surface area (Å²) in [4.78, 5) is 50.5. The van der Waals surface area contributed by atoms with E-state index in [-0.39, 0.29) is 18.2 Å². The molecule has 42 heavy (non-hydrogen) atoms. The first-order valence-electron chi connectivity index (χ1n) is 14.7. The molecule has 10 nitrogen and oxygen atoms in total. The first kappa shape index (κ1) is 34.1. The highest BCUT2D eigenvalue weighted by Crippen LogP contribution is 2.20. The smallest absolute Gasteiger partial charge is 0.408 e. The number of hydrogen-bond donors (Lipinski definition) is 5. The van der Waals surface area contributed by atoms with E-state index in [0.29, 0.717) is 13.1 Å². The molecule has 0 heterocycles. The van der Waals surface area contributed by atoms with Crippen LogP contribution in [0.15, 0.2) is 60.7 Å². The number of benzene rings is 2. The van der Waals surface area contributed by atoms with Crippen molar-refractivity contribution in [3.05, 3.63) is 71.8 Å². The lowest BCUT2D eigenvalue weighted by molar-refractivity contribution is -0.130. The number of rotatable bonds is 16. The Morgan fingerprint density at radius 2 is 1.31 bits per heavy atom. The van der Waals surface area contributed by atoms with E-state index in [9.17, 15) is 19.2 Å². The van der Waals surface area contributed by atoms with Crippen LogP contribution in [0.2, 0.25) is 0 Å². The van der Waals surface area contributed by atoms with Crippen LogP contribution < -0.4 is 27.0 Å². The molecule has 2 aromatic carbocycles. The fraction of sp³-hybridized carbons (Fsp3) is 0.500. The first-order valence-corrected chi connectivity index (χ1v) is 14.7. The number of alkyl carbamates (subject to hydrolysis) is 1. The summed E-state index contributed by atoms with van der Waals surface area (Å²) >= 11 is 0. The van der Waals surface area contributed by atoms with E-state index in [1.807, 2.05) is 67.6 Å². The van der Waals surface area contributed by atoms with Crippen LogP contribution in [0, 0.1) is 0 Å². The molecule has 10 heteroatoms. The van der Waals surface area contributed by atoms with Crippen molar-refractivity contribution in [2.24, 2.45) is 5.73 Å². The Labute approximate surface area is 249 Å². The van der Waals surface area contributed by atoms with E-state index in [4.69, 9.17) is 10.5 Å². The zero-order valence-electron chi connectivity index (χ0n) is 25.3. The van der Waals surface area contributed by atoms with Gasteiger partial charge in [-0.25, -0.2) is 9.59 Å². The van der Waals surface area contributed by atoms with Gasteiger partial charge in [0, 0.05) is 25.4 Å². The Hall–Kier alpha value is -4.08. The van der Waals surface area contributed by atoms with Crippen molar-refractivity contribution in [1.29, 1.82) is 0 Å². The molecule has 0 aliphatic rings. The largest absolute Gasteiger partial charge is 0.444 e. The summed E-state index contributed by atoms with van der Waals surface area (Å²) in [7, 11) is 0. The number of amides is 5. The van der Waals surface area contributed by atoms with Gasteiger partial charge in [-0.3, -0.25) is 9.59 Å². The first-order chi connectivity index (χ1) is 20.0. The molecule has 0 radical (unpaired) electrons. The van der Waals surface area contributed by atoms with Crippen LogP contribution in [0.1, 0.15) is 76.8 Å². The van der Waals surface area contributed by atoms with Gasteiger partial charge >= 0.3 is 12.1 Å². The maximum absolute atomic E-state index is 13.6. The molecule has 0 saturated carbocycles. The molecular formula is C32H47N5O5. The van der Waals surface area contributed by atoms with E-state index in [1.54, 1.807) is 20.8 Å². The van der Waals surface area contributed by atoms with Gasteiger partial charge in [-0.05, 0) is 44.7 Å². The van der Waals surface area contributed by atoms with Crippen LogP contribution in [0.5, 0.6) is 0 Å². The number of nitrogens with two attached hydrogens (primary N) is 1. The molecule has 0 bridgehead atoms. The number of unbranched alkanes of at least 4 members (excludes halogenated alkanes) is 4. The summed E-state index contributed by atoms with van der Waals surface area (Å²) in [6.45, 7) is 8.17. The highest BCUT2D eigenvalue weighted by Gasteiger charge is 2.32. The number of carbonyl (C=O) groups is 4. The summed E-state index contributed by atoms with van der Waals surface area (Å²) in [5.74, 6) is -1.09. The van der Waals surface area contributed by atoms with Crippen LogP contribution in [0.4, 0.5) is 9.59 Å². The van der Waals surface area contributed by atoms with Crippen molar-refractivity contribution in [2.45, 2.75) is 89.8 Å². The van der Waals surface area contributed by atoms with Gasteiger partial charge in [-0.15, -0.1) is 0 Å². The molecule has 0 aliphatic carbocycles. The molecule has 2 rings (SSSR count). The highest BCUT2D eigenvalue weighted by atomic mass is 16.6. The molecule has 2 unspecified atom stereocenters. The molecule has 3 atom stereocenters. The van der Waals surface area contributed by atoms with Crippen molar-refractivity contribution in [3.8, 4) is 0 Å². The lowest BCUT2D eigenvalue weighted by atomic mass is 9.92. The molecule has 0 saturated heterocycles. The average Bonchev–Trinajstić information content (AvgIpc) is 2.94. The normalized spacial score (nSPS) is 13.2. The molecular weight excluding hydrogens is 534 g/mol. The van der Waals surface area contributed by atoms with E-state index < -0.39 is 35.7 Å². The van der Waals surface area contributed by atoms with Crippen LogP contribution in [0.25, 0.3) is 0 Å². The predicted octanol–water partition coefficient (Wildman–Crippen LogP) is 4.15. The molecule has 5 amide bonds. The third-order valence-corrected chi connectivity index (χ3v) is 6.65. The number of urea groups is 1. The van der Waals surface area contributed by atoms with Gasteiger partial charge in [-0.2, -0.15) is 0 Å². The van der Waals surface area contributed by atoms with Gasteiger partial charge in [0.25, 0.3) is 0 Å². The summed E-state index contributed by atoms with van der Waals surface area (Å²) in [5.41, 5.74) is 6.10. The van der Waals surface area contributed by atoms with Crippen molar-refractivity contribution in [1.82, 2.24) is 21.3 Å². The van der Waals surface area contributed by atoms with Gasteiger partial charge in [-0.1, -0.05) is 86.8 Å². The second-order valence-corrected chi connectivity index (χ2v) is 11.4. The standard InChI is InChI=1S/C32H47N5O5/c1-23(25-18-12-9-13-19-25)27(29(39)34-20-14-6-5-7-15-21-35-30(33)40)37-28(38)26(22-24-16-10-8-11-17-24)36-31(41)42-32(2,3)4/h8-13,16-19,23,26-27H,5-7,14-15,20-22H2,1-4H3,(H,34,39)(H,36,41)(H,37,38)(H3,33,35,40)/t23-,26?,27?/m1/s1. The van der Waals surface area contributed by atoms with Crippen molar-refractivity contribution < 1.29 is 23.9 Å². The molecule has 0 spiro atoms. The van der Waals surface area contributed by atoms with Gasteiger partial charge in [0.05, 0.1) is 0 Å². The fourth-order valence-corrected chi connectivity index (χ4v) is 4.44. The van der Waals surface area contributed by atoms with Gasteiger partial charge < -0.3 is 31.7 Å². The van der Waals surface area contributed by atoms with Crippen molar-refractivity contribution >= 4 is 23.9 Å². The highest BCUT2D eigenvalue weighted by molar-refractivity contribution is 5.92. The number of ether oxygens (including phenoxy) is 1. The second-order valence-electron chi connectivity index (χ2n) is 11.4. The maximum Gasteiger partial charge on any atom is 0.408 e. The Kier molecular flexibility index (Phi) is 14.4. The number of hydrogen-bond acceptors (Lipinski definition) is 5. The van der Waals surface area contributed by atoms with Crippen molar-refractivity contribution in [2.75, 3.05) is 13.1 Å². The summed E-state index contributed by atoms with van der Waals surface area (Å²) < 4.78 is 5.41. The lowest BCUT2D eigenvalue weighted by Gasteiger charge is -2.28. The topological polar surface area (TPSA) is 152 Å².